The summed E-state index contributed by atoms with van der Waals surface area (Å²) >= 11 is 3.40. The van der Waals surface area contributed by atoms with Crippen molar-refractivity contribution in [1.29, 1.82) is 5.26 Å². The second kappa shape index (κ2) is 7.91. The number of halogens is 4. The van der Waals surface area contributed by atoms with Crippen LogP contribution in [-0.2, 0) is 6.18 Å². The summed E-state index contributed by atoms with van der Waals surface area (Å²) in [6.07, 6.45) is -0.856. The summed E-state index contributed by atoms with van der Waals surface area (Å²) < 4.78 is 38.7. The van der Waals surface area contributed by atoms with Crippen LogP contribution in [0.5, 0.6) is 0 Å². The van der Waals surface area contributed by atoms with Crippen LogP contribution in [0.3, 0.4) is 0 Å². The normalized spacial score (nSPS) is 22.8. The minimum absolute atomic E-state index is 0.108. The fourth-order valence-corrected chi connectivity index (χ4v) is 4.42. The maximum atomic E-state index is 13.3. The van der Waals surface area contributed by atoms with Crippen molar-refractivity contribution >= 4 is 27.7 Å². The number of piperidine rings is 1. The molecule has 2 aliphatic rings. The summed E-state index contributed by atoms with van der Waals surface area (Å²) in [5.74, 6) is 0.687. The largest absolute Gasteiger partial charge is 0.417 e. The maximum Gasteiger partial charge on any atom is 0.417 e. The fourth-order valence-electron chi connectivity index (χ4n) is 4.00. The highest BCUT2D eigenvalue weighted by molar-refractivity contribution is 9.10. The van der Waals surface area contributed by atoms with E-state index in [2.05, 4.69) is 32.3 Å². The lowest BCUT2D eigenvalue weighted by molar-refractivity contribution is -0.137. The molecule has 1 amide bonds. The molecule has 0 radical (unpaired) electrons. The third-order valence-corrected chi connectivity index (χ3v) is 6.37. The van der Waals surface area contributed by atoms with E-state index >= 15 is 0 Å². The van der Waals surface area contributed by atoms with Gasteiger partial charge in [0.15, 0.2) is 0 Å². The first-order valence-corrected chi connectivity index (χ1v) is 10.4. The standard InChI is InChI=1S/C21H18BrF3N4O/c22-17-5-1-12(9-26)7-16(17)20(30)29-15(4-2-13-8-18(13)29)11-28-19-6-3-14(10-27-19)21(23,24)25/h1,3,5-7,10,13,15,18H,2,4,8,11H2,(H,27,28)/t13-,15+,18?/m1/s1. The number of anilines is 1. The fraction of sp³-hybridized carbons (Fsp3) is 0.381. The lowest BCUT2D eigenvalue weighted by Crippen LogP contribution is -2.48. The molecule has 0 bridgehead atoms. The van der Waals surface area contributed by atoms with Crippen molar-refractivity contribution < 1.29 is 18.0 Å². The highest BCUT2D eigenvalue weighted by Gasteiger charge is 2.50. The number of carbonyl (C=O) groups is 1. The number of carbonyl (C=O) groups excluding carboxylic acids is 1. The molecule has 3 atom stereocenters. The van der Waals surface area contributed by atoms with Crippen LogP contribution in [0.2, 0.25) is 0 Å². The molecule has 2 aromatic rings. The summed E-state index contributed by atoms with van der Waals surface area (Å²) in [6, 6.07) is 9.32. The van der Waals surface area contributed by atoms with Crippen LogP contribution in [0.25, 0.3) is 0 Å². The van der Waals surface area contributed by atoms with Gasteiger partial charge in [-0.25, -0.2) is 4.98 Å². The zero-order valence-electron chi connectivity index (χ0n) is 15.8. The predicted octanol–water partition coefficient (Wildman–Crippen LogP) is 4.84. The van der Waals surface area contributed by atoms with E-state index in [1.54, 1.807) is 18.2 Å². The Kier molecular flexibility index (Phi) is 5.45. The van der Waals surface area contributed by atoms with Gasteiger partial charge in [-0.2, -0.15) is 18.4 Å². The molecule has 1 saturated heterocycles. The van der Waals surface area contributed by atoms with Gasteiger partial charge in [-0.3, -0.25) is 4.79 Å². The van der Waals surface area contributed by atoms with Crippen LogP contribution in [0.4, 0.5) is 19.0 Å². The number of hydrogen-bond acceptors (Lipinski definition) is 4. The highest BCUT2D eigenvalue weighted by Crippen LogP contribution is 2.46. The number of pyridine rings is 1. The van der Waals surface area contributed by atoms with Gasteiger partial charge in [0.05, 0.1) is 22.8 Å². The molecule has 4 rings (SSSR count). The number of hydrogen-bond donors (Lipinski definition) is 1. The molecular formula is C21H18BrF3N4O. The molecule has 9 heteroatoms. The van der Waals surface area contributed by atoms with Crippen LogP contribution >= 0.6 is 15.9 Å². The molecule has 30 heavy (non-hydrogen) atoms. The Labute approximate surface area is 180 Å². The van der Waals surface area contributed by atoms with Gasteiger partial charge in [-0.15, -0.1) is 0 Å². The van der Waals surface area contributed by atoms with Crippen molar-refractivity contribution in [3.8, 4) is 6.07 Å². The molecule has 1 unspecified atom stereocenters. The minimum atomic E-state index is -4.43. The third-order valence-electron chi connectivity index (χ3n) is 5.68. The van der Waals surface area contributed by atoms with Crippen LogP contribution < -0.4 is 5.32 Å². The summed E-state index contributed by atoms with van der Waals surface area (Å²) in [7, 11) is 0. The molecule has 5 nitrogen and oxygen atoms in total. The number of nitrogens with zero attached hydrogens (tertiary/aromatic N) is 3. The monoisotopic (exact) mass is 478 g/mol. The Hall–Kier alpha value is -2.60. The zero-order valence-corrected chi connectivity index (χ0v) is 17.4. The second-order valence-corrected chi connectivity index (χ2v) is 8.48. The Morgan fingerprint density at radius 1 is 1.30 bits per heavy atom. The first-order valence-electron chi connectivity index (χ1n) is 9.57. The highest BCUT2D eigenvalue weighted by atomic mass is 79.9. The maximum absolute atomic E-state index is 13.3. The number of nitrogens with one attached hydrogen (secondary N) is 1. The first kappa shape index (κ1) is 20.7. The average molecular weight is 479 g/mol. The number of likely N-dealkylation sites (tertiary alicyclic amines) is 1. The number of fused-ring (bicyclic) bond motifs is 1. The second-order valence-electron chi connectivity index (χ2n) is 7.62. The molecule has 1 aromatic carbocycles. The van der Waals surface area contributed by atoms with Crippen molar-refractivity contribution in [3.05, 3.63) is 57.7 Å². The number of amides is 1. The van der Waals surface area contributed by atoms with E-state index in [4.69, 9.17) is 5.26 Å². The third kappa shape index (κ3) is 4.15. The number of benzene rings is 1. The summed E-state index contributed by atoms with van der Waals surface area (Å²) in [5, 5.41) is 12.2. The van der Waals surface area contributed by atoms with E-state index in [0.29, 0.717) is 33.9 Å². The number of nitriles is 1. The smallest absolute Gasteiger partial charge is 0.368 e. The van der Waals surface area contributed by atoms with Crippen molar-refractivity contribution in [2.45, 2.75) is 37.5 Å². The quantitative estimate of drug-likeness (QED) is 0.682. The first-order chi connectivity index (χ1) is 14.3. The van der Waals surface area contributed by atoms with E-state index < -0.39 is 11.7 Å². The minimum Gasteiger partial charge on any atom is -0.368 e. The van der Waals surface area contributed by atoms with E-state index in [9.17, 15) is 18.0 Å². The van der Waals surface area contributed by atoms with Crippen LogP contribution in [0, 0.1) is 17.2 Å². The lowest BCUT2D eigenvalue weighted by Gasteiger charge is -2.36. The Bertz CT molecular complexity index is 1000. The molecule has 0 spiro atoms. The van der Waals surface area contributed by atoms with Gasteiger partial charge >= 0.3 is 6.18 Å². The number of aromatic nitrogens is 1. The zero-order chi connectivity index (χ0) is 21.5. The molecular weight excluding hydrogens is 461 g/mol. The van der Waals surface area contributed by atoms with E-state index in [-0.39, 0.29) is 18.0 Å². The molecule has 1 aliphatic heterocycles. The SMILES string of the molecule is N#Cc1ccc(Br)c(C(=O)N2C3C[C@H]3CC[C@H]2CNc2ccc(C(F)(F)F)cn2)c1. The Morgan fingerprint density at radius 3 is 2.77 bits per heavy atom. The molecule has 2 heterocycles. The molecule has 156 valence electrons. The van der Waals surface area contributed by atoms with Crippen molar-refractivity contribution in [2.75, 3.05) is 11.9 Å². The van der Waals surface area contributed by atoms with Gasteiger partial charge in [0.2, 0.25) is 0 Å². The van der Waals surface area contributed by atoms with E-state index in [1.807, 2.05) is 4.90 Å². The van der Waals surface area contributed by atoms with Gasteiger partial charge in [-0.05, 0) is 71.4 Å². The van der Waals surface area contributed by atoms with Crippen molar-refractivity contribution in [3.63, 3.8) is 0 Å². The van der Waals surface area contributed by atoms with Crippen LogP contribution in [0.15, 0.2) is 41.0 Å². The number of alkyl halides is 3. The Balaban J connectivity index is 1.50. The molecule has 2 fully saturated rings. The summed E-state index contributed by atoms with van der Waals surface area (Å²) in [6.45, 7) is 0.392. The summed E-state index contributed by atoms with van der Waals surface area (Å²) in [5.41, 5.74) is 0.0550. The van der Waals surface area contributed by atoms with Gasteiger partial charge in [-0.1, -0.05) is 0 Å². The van der Waals surface area contributed by atoms with Crippen molar-refractivity contribution in [1.82, 2.24) is 9.88 Å². The molecule has 1 saturated carbocycles. The Morgan fingerprint density at radius 2 is 2.10 bits per heavy atom. The van der Waals surface area contributed by atoms with Gasteiger partial charge in [0.1, 0.15) is 5.82 Å². The van der Waals surface area contributed by atoms with Gasteiger partial charge in [0, 0.05) is 29.3 Å². The average Bonchev–Trinajstić information content (AvgIpc) is 3.51. The van der Waals surface area contributed by atoms with Gasteiger partial charge in [0.25, 0.3) is 5.91 Å². The number of rotatable bonds is 4. The van der Waals surface area contributed by atoms with E-state index in [0.717, 1.165) is 31.5 Å². The van der Waals surface area contributed by atoms with Crippen molar-refractivity contribution in [2.24, 2.45) is 5.92 Å². The topological polar surface area (TPSA) is 69.0 Å². The molecule has 1 aliphatic carbocycles. The van der Waals surface area contributed by atoms with Crippen LogP contribution in [-0.4, -0.2) is 34.4 Å². The van der Waals surface area contributed by atoms with Gasteiger partial charge < -0.3 is 10.2 Å². The molecule has 1 N–H and O–H groups in total. The van der Waals surface area contributed by atoms with E-state index in [1.165, 1.54) is 6.07 Å². The summed E-state index contributed by atoms with van der Waals surface area (Å²) in [4.78, 5) is 19.0. The predicted molar refractivity (Wildman–Crippen MR) is 108 cm³/mol. The molecule has 1 aromatic heterocycles. The lowest BCUT2D eigenvalue weighted by atomic mass is 10.00. The van der Waals surface area contributed by atoms with Crippen LogP contribution in [0.1, 0.15) is 40.7 Å².